The molecule has 0 N–H and O–H groups in total. The molecule has 3 aromatic rings. The van der Waals surface area contributed by atoms with Gasteiger partial charge in [0.05, 0.1) is 23.0 Å². The summed E-state index contributed by atoms with van der Waals surface area (Å²) in [7, 11) is 0. The van der Waals surface area contributed by atoms with Crippen LogP contribution in [-0.2, 0) is 6.54 Å². The summed E-state index contributed by atoms with van der Waals surface area (Å²) in [5, 5.41) is 17.1. The summed E-state index contributed by atoms with van der Waals surface area (Å²) in [5.41, 5.74) is 3.41. The minimum absolute atomic E-state index is 0.140. The third-order valence-electron chi connectivity index (χ3n) is 5.32. The first-order chi connectivity index (χ1) is 14.5. The lowest BCUT2D eigenvalue weighted by molar-refractivity contribution is 0.0622. The third kappa shape index (κ3) is 4.07. The highest BCUT2D eigenvalue weighted by molar-refractivity contribution is 5.93. The van der Waals surface area contributed by atoms with E-state index in [0.29, 0.717) is 35.7 Å². The van der Waals surface area contributed by atoms with Gasteiger partial charge in [-0.05, 0) is 48.9 Å². The van der Waals surface area contributed by atoms with Crippen molar-refractivity contribution in [2.45, 2.75) is 13.5 Å². The van der Waals surface area contributed by atoms with Crippen LogP contribution < -0.4 is 0 Å². The van der Waals surface area contributed by atoms with Crippen molar-refractivity contribution in [3.8, 4) is 11.8 Å². The SMILES string of the molecule is Cc1c(C(=O)N2CCN(Cc3ccc(C#N)cc3)CC2)nnn1-c1ccc(F)cc1. The van der Waals surface area contributed by atoms with E-state index in [4.69, 9.17) is 5.26 Å². The lowest BCUT2D eigenvalue weighted by atomic mass is 10.1. The van der Waals surface area contributed by atoms with Gasteiger partial charge in [0.25, 0.3) is 5.91 Å². The van der Waals surface area contributed by atoms with Gasteiger partial charge in [-0.3, -0.25) is 9.69 Å². The molecule has 0 radical (unpaired) electrons. The lowest BCUT2D eigenvalue weighted by Gasteiger charge is -2.34. The summed E-state index contributed by atoms with van der Waals surface area (Å²) < 4.78 is 14.7. The summed E-state index contributed by atoms with van der Waals surface area (Å²) in [6.45, 7) is 5.31. The Morgan fingerprint density at radius 1 is 1.07 bits per heavy atom. The molecular formula is C22H21FN6O. The molecule has 1 amide bonds. The number of aromatic nitrogens is 3. The zero-order valence-electron chi connectivity index (χ0n) is 16.6. The van der Waals surface area contributed by atoms with Crippen LogP contribution in [0.2, 0.25) is 0 Å². The van der Waals surface area contributed by atoms with Crippen LogP contribution >= 0.6 is 0 Å². The second-order valence-electron chi connectivity index (χ2n) is 7.29. The summed E-state index contributed by atoms with van der Waals surface area (Å²) in [5.74, 6) is -0.467. The van der Waals surface area contributed by atoms with Crippen molar-refractivity contribution >= 4 is 5.91 Å². The molecule has 0 bridgehead atoms. The molecule has 4 rings (SSSR count). The molecule has 30 heavy (non-hydrogen) atoms. The number of nitriles is 1. The Hall–Kier alpha value is -3.57. The van der Waals surface area contributed by atoms with Gasteiger partial charge >= 0.3 is 0 Å². The van der Waals surface area contributed by atoms with Gasteiger partial charge in [-0.2, -0.15) is 5.26 Å². The molecule has 2 heterocycles. The van der Waals surface area contributed by atoms with E-state index in [1.807, 2.05) is 24.3 Å². The van der Waals surface area contributed by atoms with E-state index in [0.717, 1.165) is 25.2 Å². The number of nitrogens with zero attached hydrogens (tertiary/aromatic N) is 6. The molecule has 8 heteroatoms. The van der Waals surface area contributed by atoms with Crippen LogP contribution in [0.4, 0.5) is 4.39 Å². The van der Waals surface area contributed by atoms with Gasteiger partial charge in [-0.25, -0.2) is 9.07 Å². The van der Waals surface area contributed by atoms with Crippen LogP contribution in [0, 0.1) is 24.1 Å². The quantitative estimate of drug-likeness (QED) is 0.668. The van der Waals surface area contributed by atoms with Gasteiger partial charge in [-0.15, -0.1) is 5.10 Å². The fraction of sp³-hybridized carbons (Fsp3) is 0.273. The van der Waals surface area contributed by atoms with Crippen molar-refractivity contribution in [2.75, 3.05) is 26.2 Å². The maximum atomic E-state index is 13.2. The molecule has 0 spiro atoms. The number of amides is 1. The van der Waals surface area contributed by atoms with Crippen molar-refractivity contribution in [3.05, 3.63) is 76.9 Å². The molecule has 0 saturated carbocycles. The zero-order chi connectivity index (χ0) is 21.1. The molecule has 2 aromatic carbocycles. The van der Waals surface area contributed by atoms with Crippen LogP contribution in [0.1, 0.15) is 27.3 Å². The van der Waals surface area contributed by atoms with Crippen molar-refractivity contribution in [1.29, 1.82) is 5.26 Å². The fourth-order valence-electron chi connectivity index (χ4n) is 3.56. The average Bonchev–Trinajstić information content (AvgIpc) is 3.16. The number of piperazine rings is 1. The normalized spacial score (nSPS) is 14.5. The molecule has 7 nitrogen and oxygen atoms in total. The summed E-state index contributed by atoms with van der Waals surface area (Å²) in [6.07, 6.45) is 0. The summed E-state index contributed by atoms with van der Waals surface area (Å²) in [4.78, 5) is 17.0. The molecule has 1 aliphatic rings. The Morgan fingerprint density at radius 2 is 1.73 bits per heavy atom. The first kappa shape index (κ1) is 19.7. The van der Waals surface area contributed by atoms with Crippen molar-refractivity contribution in [1.82, 2.24) is 24.8 Å². The Bertz CT molecular complexity index is 1080. The third-order valence-corrected chi connectivity index (χ3v) is 5.32. The summed E-state index contributed by atoms with van der Waals surface area (Å²) >= 11 is 0. The number of hydrogen-bond acceptors (Lipinski definition) is 5. The Morgan fingerprint density at radius 3 is 2.37 bits per heavy atom. The molecule has 1 fully saturated rings. The number of hydrogen-bond donors (Lipinski definition) is 0. The topological polar surface area (TPSA) is 78.1 Å². The number of halogens is 1. The van der Waals surface area contributed by atoms with Crippen molar-refractivity contribution in [2.24, 2.45) is 0 Å². The number of carbonyl (C=O) groups excluding carboxylic acids is 1. The van der Waals surface area contributed by atoms with Crippen LogP contribution in [-0.4, -0.2) is 56.9 Å². The van der Waals surface area contributed by atoms with Crippen LogP contribution in [0.25, 0.3) is 5.69 Å². The molecule has 0 unspecified atom stereocenters. The number of rotatable bonds is 4. The minimum atomic E-state index is -0.327. The van der Waals surface area contributed by atoms with Crippen LogP contribution in [0.5, 0.6) is 0 Å². The molecule has 0 atom stereocenters. The smallest absolute Gasteiger partial charge is 0.276 e. The monoisotopic (exact) mass is 404 g/mol. The standard InChI is InChI=1S/C22H21FN6O/c1-16-21(25-26-29(16)20-8-6-19(23)7-9-20)22(30)28-12-10-27(11-13-28)15-18-4-2-17(14-24)3-5-18/h2-9H,10-13,15H2,1H3. The van der Waals surface area contributed by atoms with Gasteiger partial charge in [0.1, 0.15) is 5.82 Å². The predicted octanol–water partition coefficient (Wildman–Crippen LogP) is 2.54. The van der Waals surface area contributed by atoms with Gasteiger partial charge in [-0.1, -0.05) is 17.3 Å². The van der Waals surface area contributed by atoms with E-state index in [9.17, 15) is 9.18 Å². The molecule has 1 aliphatic heterocycles. The molecule has 0 aliphatic carbocycles. The van der Waals surface area contributed by atoms with E-state index in [1.165, 1.54) is 12.1 Å². The molecule has 1 aromatic heterocycles. The molecular weight excluding hydrogens is 383 g/mol. The van der Waals surface area contributed by atoms with E-state index in [2.05, 4.69) is 21.3 Å². The van der Waals surface area contributed by atoms with Gasteiger partial charge in [0.15, 0.2) is 5.69 Å². The van der Waals surface area contributed by atoms with Crippen LogP contribution in [0.3, 0.4) is 0 Å². The lowest BCUT2D eigenvalue weighted by Crippen LogP contribution is -2.48. The second-order valence-corrected chi connectivity index (χ2v) is 7.29. The predicted molar refractivity (Wildman–Crippen MR) is 108 cm³/mol. The second kappa shape index (κ2) is 8.43. The maximum absolute atomic E-state index is 13.2. The Balaban J connectivity index is 1.38. The minimum Gasteiger partial charge on any atom is -0.335 e. The summed E-state index contributed by atoms with van der Waals surface area (Å²) in [6, 6.07) is 15.6. The first-order valence-electron chi connectivity index (χ1n) is 9.74. The molecule has 152 valence electrons. The number of benzene rings is 2. The average molecular weight is 404 g/mol. The van der Waals surface area contributed by atoms with Gasteiger partial charge < -0.3 is 4.90 Å². The van der Waals surface area contributed by atoms with Gasteiger partial charge in [0, 0.05) is 32.7 Å². The van der Waals surface area contributed by atoms with E-state index in [1.54, 1.807) is 28.6 Å². The maximum Gasteiger partial charge on any atom is 0.276 e. The zero-order valence-corrected chi connectivity index (χ0v) is 16.6. The van der Waals surface area contributed by atoms with E-state index < -0.39 is 0 Å². The number of carbonyl (C=O) groups is 1. The van der Waals surface area contributed by atoms with Crippen molar-refractivity contribution < 1.29 is 9.18 Å². The fourth-order valence-corrected chi connectivity index (χ4v) is 3.56. The Labute approximate surface area is 173 Å². The molecule has 1 saturated heterocycles. The highest BCUT2D eigenvalue weighted by Crippen LogP contribution is 2.16. The Kier molecular flexibility index (Phi) is 5.55. The van der Waals surface area contributed by atoms with E-state index in [-0.39, 0.29) is 11.7 Å². The largest absolute Gasteiger partial charge is 0.335 e. The van der Waals surface area contributed by atoms with Crippen molar-refractivity contribution in [3.63, 3.8) is 0 Å². The first-order valence-corrected chi connectivity index (χ1v) is 9.74. The van der Waals surface area contributed by atoms with Crippen LogP contribution in [0.15, 0.2) is 48.5 Å². The highest BCUT2D eigenvalue weighted by atomic mass is 19.1. The van der Waals surface area contributed by atoms with Gasteiger partial charge in [0.2, 0.25) is 0 Å². The van der Waals surface area contributed by atoms with E-state index >= 15 is 0 Å². The highest BCUT2D eigenvalue weighted by Gasteiger charge is 2.26.